The average molecular weight is 268 g/mol. The number of nitrogens with two attached hydrogens (primary N) is 1. The van der Waals surface area contributed by atoms with Crippen molar-refractivity contribution in [2.45, 2.75) is 13.0 Å². The molecule has 4 nitrogen and oxygen atoms in total. The van der Waals surface area contributed by atoms with E-state index in [1.807, 2.05) is 24.3 Å². The molecule has 1 heterocycles. The number of nitrogens with zero attached hydrogens (tertiary/aromatic N) is 2. The monoisotopic (exact) mass is 267 g/mol. The maximum absolute atomic E-state index is 5.63. The zero-order valence-electron chi connectivity index (χ0n) is 8.14. The molecule has 5 heteroatoms. The molecule has 2 N–H and O–H groups in total. The highest BCUT2D eigenvalue weighted by molar-refractivity contribution is 9.10. The Hall–Kier alpha value is -1.20. The van der Waals surface area contributed by atoms with Crippen LogP contribution < -0.4 is 5.73 Å². The van der Waals surface area contributed by atoms with E-state index in [0.29, 0.717) is 11.7 Å². The molecule has 0 aliphatic rings. The van der Waals surface area contributed by atoms with E-state index >= 15 is 0 Å². The molecular weight excluding hydrogens is 258 g/mol. The van der Waals surface area contributed by atoms with Gasteiger partial charge in [-0.25, -0.2) is 0 Å². The first-order chi connectivity index (χ1) is 7.16. The molecule has 0 saturated heterocycles. The normalized spacial score (nSPS) is 12.7. The van der Waals surface area contributed by atoms with Gasteiger partial charge in [0, 0.05) is 10.0 Å². The van der Waals surface area contributed by atoms with E-state index in [-0.39, 0.29) is 6.04 Å². The van der Waals surface area contributed by atoms with Crippen molar-refractivity contribution in [1.82, 2.24) is 10.1 Å². The molecule has 0 bridgehead atoms. The first kappa shape index (κ1) is 10.3. The first-order valence-corrected chi connectivity index (χ1v) is 5.31. The topological polar surface area (TPSA) is 64.9 Å². The number of halogens is 1. The van der Waals surface area contributed by atoms with Gasteiger partial charge in [0.25, 0.3) is 0 Å². The van der Waals surface area contributed by atoms with Gasteiger partial charge in [-0.1, -0.05) is 21.1 Å². The molecule has 0 fully saturated rings. The minimum atomic E-state index is -0.235. The van der Waals surface area contributed by atoms with Crippen LogP contribution in [-0.2, 0) is 0 Å². The predicted molar refractivity (Wildman–Crippen MR) is 60.0 cm³/mol. The van der Waals surface area contributed by atoms with Crippen LogP contribution in [0.2, 0.25) is 0 Å². The molecule has 2 aromatic rings. The second-order valence-electron chi connectivity index (χ2n) is 3.25. The van der Waals surface area contributed by atoms with Crippen LogP contribution in [0.3, 0.4) is 0 Å². The Labute approximate surface area is 95.6 Å². The van der Waals surface area contributed by atoms with Crippen molar-refractivity contribution in [2.75, 3.05) is 0 Å². The lowest BCUT2D eigenvalue weighted by Gasteiger charge is -1.94. The van der Waals surface area contributed by atoms with Gasteiger partial charge in [0.2, 0.25) is 11.7 Å². The number of benzene rings is 1. The highest BCUT2D eigenvalue weighted by atomic mass is 79.9. The van der Waals surface area contributed by atoms with Crippen LogP contribution in [0.25, 0.3) is 11.4 Å². The van der Waals surface area contributed by atoms with Gasteiger partial charge in [0.15, 0.2) is 0 Å². The molecule has 0 saturated carbocycles. The van der Waals surface area contributed by atoms with Crippen molar-refractivity contribution in [3.63, 3.8) is 0 Å². The zero-order valence-corrected chi connectivity index (χ0v) is 9.73. The molecule has 15 heavy (non-hydrogen) atoms. The van der Waals surface area contributed by atoms with Gasteiger partial charge in [-0.3, -0.25) is 0 Å². The van der Waals surface area contributed by atoms with E-state index in [1.165, 1.54) is 0 Å². The van der Waals surface area contributed by atoms with Gasteiger partial charge in [-0.2, -0.15) is 4.98 Å². The molecule has 2 rings (SSSR count). The smallest absolute Gasteiger partial charge is 0.243 e. The van der Waals surface area contributed by atoms with E-state index < -0.39 is 0 Å². The summed E-state index contributed by atoms with van der Waals surface area (Å²) in [6.07, 6.45) is 0. The van der Waals surface area contributed by atoms with Crippen LogP contribution in [0.5, 0.6) is 0 Å². The summed E-state index contributed by atoms with van der Waals surface area (Å²) in [5, 5.41) is 3.86. The Kier molecular flexibility index (Phi) is 2.83. The van der Waals surface area contributed by atoms with Gasteiger partial charge >= 0.3 is 0 Å². The molecule has 0 aliphatic carbocycles. The maximum Gasteiger partial charge on any atom is 0.243 e. The summed E-state index contributed by atoms with van der Waals surface area (Å²) in [4.78, 5) is 4.19. The average Bonchev–Trinajstić information content (AvgIpc) is 2.68. The van der Waals surface area contributed by atoms with E-state index in [4.69, 9.17) is 10.3 Å². The molecule has 1 atom stereocenters. The molecule has 1 aromatic carbocycles. The first-order valence-electron chi connectivity index (χ1n) is 4.52. The van der Waals surface area contributed by atoms with Gasteiger partial charge in [0.05, 0.1) is 6.04 Å². The number of aromatic nitrogens is 2. The maximum atomic E-state index is 5.63. The van der Waals surface area contributed by atoms with Crippen molar-refractivity contribution in [3.8, 4) is 11.4 Å². The minimum absolute atomic E-state index is 0.235. The lowest BCUT2D eigenvalue weighted by atomic mass is 10.2. The van der Waals surface area contributed by atoms with E-state index in [1.54, 1.807) is 6.92 Å². The third-order valence-electron chi connectivity index (χ3n) is 1.93. The number of rotatable bonds is 2. The fourth-order valence-corrected chi connectivity index (χ4v) is 1.40. The minimum Gasteiger partial charge on any atom is -0.337 e. The molecule has 0 radical (unpaired) electrons. The Morgan fingerprint density at radius 1 is 1.33 bits per heavy atom. The lowest BCUT2D eigenvalue weighted by molar-refractivity contribution is 0.362. The summed E-state index contributed by atoms with van der Waals surface area (Å²) >= 11 is 3.36. The van der Waals surface area contributed by atoms with E-state index in [2.05, 4.69) is 26.1 Å². The van der Waals surface area contributed by atoms with Gasteiger partial charge in [-0.05, 0) is 31.2 Å². The lowest BCUT2D eigenvalue weighted by Crippen LogP contribution is -2.04. The number of hydrogen-bond donors (Lipinski definition) is 1. The highest BCUT2D eigenvalue weighted by Crippen LogP contribution is 2.20. The van der Waals surface area contributed by atoms with Gasteiger partial charge in [-0.15, -0.1) is 0 Å². The second-order valence-corrected chi connectivity index (χ2v) is 4.17. The summed E-state index contributed by atoms with van der Waals surface area (Å²) in [5.41, 5.74) is 6.54. The van der Waals surface area contributed by atoms with Crippen molar-refractivity contribution in [2.24, 2.45) is 5.73 Å². The van der Waals surface area contributed by atoms with Crippen LogP contribution in [0.15, 0.2) is 33.3 Å². The second kappa shape index (κ2) is 4.12. The van der Waals surface area contributed by atoms with Crippen molar-refractivity contribution < 1.29 is 4.52 Å². The number of hydrogen-bond acceptors (Lipinski definition) is 4. The van der Waals surface area contributed by atoms with Crippen LogP contribution in [-0.4, -0.2) is 10.1 Å². The molecule has 1 aromatic heterocycles. The molecule has 78 valence electrons. The summed E-state index contributed by atoms with van der Waals surface area (Å²) in [6.45, 7) is 1.80. The molecule has 0 aliphatic heterocycles. The van der Waals surface area contributed by atoms with Crippen LogP contribution >= 0.6 is 15.9 Å². The standard InChI is InChI=1S/C10H10BrN3O/c1-6(12)10-13-9(14-15-10)7-2-4-8(11)5-3-7/h2-6H,12H2,1H3. The zero-order chi connectivity index (χ0) is 10.8. The molecular formula is C10H10BrN3O. The highest BCUT2D eigenvalue weighted by Gasteiger charge is 2.11. The third kappa shape index (κ3) is 2.24. The Morgan fingerprint density at radius 2 is 2.00 bits per heavy atom. The Bertz CT molecular complexity index is 450. The van der Waals surface area contributed by atoms with Crippen LogP contribution in [0, 0.1) is 0 Å². The SMILES string of the molecule is CC(N)c1nc(-c2ccc(Br)cc2)no1. The van der Waals surface area contributed by atoms with Crippen LogP contribution in [0.1, 0.15) is 18.9 Å². The van der Waals surface area contributed by atoms with Crippen LogP contribution in [0.4, 0.5) is 0 Å². The van der Waals surface area contributed by atoms with Crippen molar-refractivity contribution >= 4 is 15.9 Å². The Balaban J connectivity index is 2.33. The van der Waals surface area contributed by atoms with Gasteiger partial charge in [0.1, 0.15) is 0 Å². The summed E-state index contributed by atoms with van der Waals surface area (Å²) in [5.74, 6) is 1.02. The molecule has 1 unspecified atom stereocenters. The summed E-state index contributed by atoms with van der Waals surface area (Å²) in [6, 6.07) is 7.45. The largest absolute Gasteiger partial charge is 0.337 e. The fraction of sp³-hybridized carbons (Fsp3) is 0.200. The summed E-state index contributed by atoms with van der Waals surface area (Å²) < 4.78 is 6.03. The Morgan fingerprint density at radius 3 is 2.53 bits per heavy atom. The summed E-state index contributed by atoms with van der Waals surface area (Å²) in [7, 11) is 0. The fourth-order valence-electron chi connectivity index (χ4n) is 1.14. The predicted octanol–water partition coefficient (Wildman–Crippen LogP) is 2.52. The van der Waals surface area contributed by atoms with Crippen molar-refractivity contribution in [1.29, 1.82) is 0 Å². The van der Waals surface area contributed by atoms with Gasteiger partial charge < -0.3 is 10.3 Å². The third-order valence-corrected chi connectivity index (χ3v) is 2.46. The quantitative estimate of drug-likeness (QED) is 0.908. The molecule has 0 amide bonds. The van der Waals surface area contributed by atoms with E-state index in [9.17, 15) is 0 Å². The van der Waals surface area contributed by atoms with Crippen molar-refractivity contribution in [3.05, 3.63) is 34.6 Å². The molecule has 0 spiro atoms. The van der Waals surface area contributed by atoms with E-state index in [0.717, 1.165) is 10.0 Å².